The highest BCUT2D eigenvalue weighted by Gasteiger charge is 2.49. The number of rotatable bonds is 4. The number of carbonyl (C=O) groups is 1. The predicted octanol–water partition coefficient (Wildman–Crippen LogP) is 3.51. The van der Waals surface area contributed by atoms with Gasteiger partial charge in [0.1, 0.15) is 11.5 Å². The molecular formula is C14H17ClO2. The maximum atomic E-state index is 12.1. The van der Waals surface area contributed by atoms with Crippen LogP contribution in [0.15, 0.2) is 18.2 Å². The van der Waals surface area contributed by atoms with Crippen molar-refractivity contribution < 1.29 is 9.53 Å². The Morgan fingerprint density at radius 1 is 1.53 bits per heavy atom. The van der Waals surface area contributed by atoms with Crippen molar-refractivity contribution in [3.8, 4) is 5.75 Å². The summed E-state index contributed by atoms with van der Waals surface area (Å²) in [6.07, 6.45) is 1.41. The van der Waals surface area contributed by atoms with Crippen molar-refractivity contribution in [1.29, 1.82) is 0 Å². The molecule has 0 saturated heterocycles. The van der Waals surface area contributed by atoms with Gasteiger partial charge < -0.3 is 4.74 Å². The van der Waals surface area contributed by atoms with Crippen molar-refractivity contribution in [3.05, 3.63) is 28.8 Å². The second-order valence-electron chi connectivity index (χ2n) is 5.34. The van der Waals surface area contributed by atoms with E-state index in [4.69, 9.17) is 16.3 Å². The molecule has 0 N–H and O–H groups in total. The average molecular weight is 253 g/mol. The summed E-state index contributed by atoms with van der Waals surface area (Å²) >= 11 is 5.94. The second-order valence-corrected chi connectivity index (χ2v) is 5.78. The highest BCUT2D eigenvalue weighted by molar-refractivity contribution is 6.30. The molecule has 17 heavy (non-hydrogen) atoms. The molecule has 0 radical (unpaired) electrons. The van der Waals surface area contributed by atoms with E-state index in [1.54, 1.807) is 13.2 Å². The molecule has 2 rings (SSSR count). The molecule has 0 aromatic heterocycles. The molecular weight excluding hydrogens is 236 g/mol. The Morgan fingerprint density at radius 3 is 2.71 bits per heavy atom. The molecule has 1 aliphatic rings. The van der Waals surface area contributed by atoms with E-state index in [1.165, 1.54) is 0 Å². The highest BCUT2D eigenvalue weighted by atomic mass is 35.5. The fraction of sp³-hybridized carbons (Fsp3) is 0.500. The topological polar surface area (TPSA) is 26.3 Å². The molecule has 1 aliphatic carbocycles. The summed E-state index contributed by atoms with van der Waals surface area (Å²) < 4.78 is 5.24. The van der Waals surface area contributed by atoms with Gasteiger partial charge in [-0.25, -0.2) is 0 Å². The molecule has 1 unspecified atom stereocenters. The summed E-state index contributed by atoms with van der Waals surface area (Å²) in [6.45, 7) is 4.26. The molecule has 0 heterocycles. The van der Waals surface area contributed by atoms with Crippen molar-refractivity contribution in [2.75, 3.05) is 7.11 Å². The number of ether oxygens (including phenoxy) is 1. The molecule has 0 bridgehead atoms. The Bertz CT molecular complexity index is 452. The first-order valence-electron chi connectivity index (χ1n) is 5.79. The van der Waals surface area contributed by atoms with Crippen LogP contribution in [-0.4, -0.2) is 12.9 Å². The van der Waals surface area contributed by atoms with Gasteiger partial charge in [-0.2, -0.15) is 0 Å². The zero-order chi connectivity index (χ0) is 12.6. The van der Waals surface area contributed by atoms with Gasteiger partial charge in [0.25, 0.3) is 0 Å². The Morgan fingerprint density at radius 2 is 2.18 bits per heavy atom. The molecule has 1 atom stereocenters. The van der Waals surface area contributed by atoms with E-state index in [9.17, 15) is 4.79 Å². The van der Waals surface area contributed by atoms with E-state index >= 15 is 0 Å². The first-order chi connectivity index (χ1) is 7.94. The van der Waals surface area contributed by atoms with Gasteiger partial charge in [0.05, 0.1) is 7.11 Å². The number of hydrogen-bond donors (Lipinski definition) is 0. The lowest BCUT2D eigenvalue weighted by Gasteiger charge is -2.09. The van der Waals surface area contributed by atoms with Crippen LogP contribution in [0.1, 0.15) is 25.8 Å². The minimum atomic E-state index is 0.183. The van der Waals surface area contributed by atoms with E-state index in [-0.39, 0.29) is 17.1 Å². The molecule has 0 amide bonds. The molecule has 3 heteroatoms. The molecule has 1 saturated carbocycles. The Balaban J connectivity index is 2.13. The molecule has 0 spiro atoms. The maximum Gasteiger partial charge on any atom is 0.141 e. The normalized spacial score (nSPS) is 21.1. The van der Waals surface area contributed by atoms with Crippen molar-refractivity contribution in [3.63, 3.8) is 0 Å². The smallest absolute Gasteiger partial charge is 0.141 e. The van der Waals surface area contributed by atoms with E-state index < -0.39 is 0 Å². The zero-order valence-electron chi connectivity index (χ0n) is 10.4. The van der Waals surface area contributed by atoms with Crippen LogP contribution in [0.3, 0.4) is 0 Å². The molecule has 1 aromatic carbocycles. The van der Waals surface area contributed by atoms with Crippen LogP contribution >= 0.6 is 11.6 Å². The minimum Gasteiger partial charge on any atom is -0.496 e. The van der Waals surface area contributed by atoms with E-state index in [0.29, 0.717) is 11.4 Å². The largest absolute Gasteiger partial charge is 0.496 e. The van der Waals surface area contributed by atoms with Gasteiger partial charge in [-0.05, 0) is 30.0 Å². The highest BCUT2D eigenvalue weighted by Crippen LogP contribution is 2.52. The number of halogens is 1. The van der Waals surface area contributed by atoms with Crippen LogP contribution in [0, 0.1) is 11.3 Å². The van der Waals surface area contributed by atoms with Gasteiger partial charge >= 0.3 is 0 Å². The van der Waals surface area contributed by atoms with E-state index in [2.05, 4.69) is 13.8 Å². The summed E-state index contributed by atoms with van der Waals surface area (Å²) in [5, 5.41) is 0.642. The van der Waals surface area contributed by atoms with Crippen LogP contribution in [0.5, 0.6) is 5.75 Å². The number of hydrogen-bond acceptors (Lipinski definition) is 2. The van der Waals surface area contributed by atoms with Gasteiger partial charge in [-0.1, -0.05) is 25.4 Å². The number of methoxy groups -OCH3 is 1. The Kier molecular flexibility index (Phi) is 3.17. The van der Waals surface area contributed by atoms with Crippen molar-refractivity contribution >= 4 is 17.4 Å². The Hall–Kier alpha value is -1.02. The number of Topliss-reactive ketones (excluding diaryl/α,β-unsaturated/α-hetero) is 1. The fourth-order valence-corrected chi connectivity index (χ4v) is 2.41. The van der Waals surface area contributed by atoms with Crippen LogP contribution < -0.4 is 4.74 Å². The van der Waals surface area contributed by atoms with Gasteiger partial charge in [-0.15, -0.1) is 0 Å². The van der Waals surface area contributed by atoms with Gasteiger partial charge in [0.2, 0.25) is 0 Å². The summed E-state index contributed by atoms with van der Waals surface area (Å²) in [5.41, 5.74) is 1.07. The zero-order valence-corrected chi connectivity index (χ0v) is 11.2. The molecule has 1 fully saturated rings. The number of carbonyl (C=O) groups excluding carboxylic acids is 1. The van der Waals surface area contributed by atoms with Crippen LogP contribution in [0.2, 0.25) is 5.02 Å². The van der Waals surface area contributed by atoms with Crippen LogP contribution in [0.25, 0.3) is 0 Å². The van der Waals surface area contributed by atoms with Crippen LogP contribution in [0.4, 0.5) is 0 Å². The van der Waals surface area contributed by atoms with Crippen molar-refractivity contribution in [2.24, 2.45) is 11.3 Å². The standard InChI is InChI=1S/C14H17ClO2/c1-14(2)8-11(14)12(16)7-9-6-10(15)4-5-13(9)17-3/h4-6,11H,7-8H2,1-3H3. The number of benzene rings is 1. The third-order valence-corrected chi connectivity index (χ3v) is 3.74. The summed E-state index contributed by atoms with van der Waals surface area (Å²) in [7, 11) is 1.61. The van der Waals surface area contributed by atoms with Gasteiger partial charge in [0.15, 0.2) is 0 Å². The number of ketones is 1. The maximum absolute atomic E-state index is 12.1. The third kappa shape index (κ3) is 2.63. The molecule has 92 valence electrons. The molecule has 0 aliphatic heterocycles. The van der Waals surface area contributed by atoms with E-state index in [0.717, 1.165) is 17.7 Å². The lowest BCUT2D eigenvalue weighted by Crippen LogP contribution is -2.10. The summed E-state index contributed by atoms with van der Waals surface area (Å²) in [6, 6.07) is 5.39. The first kappa shape index (κ1) is 12.4. The van der Waals surface area contributed by atoms with E-state index in [1.807, 2.05) is 12.1 Å². The van der Waals surface area contributed by atoms with Crippen molar-refractivity contribution in [2.45, 2.75) is 26.7 Å². The lowest BCUT2D eigenvalue weighted by atomic mass is 10.0. The average Bonchev–Trinajstić information content (AvgIpc) is 2.88. The van der Waals surface area contributed by atoms with Crippen LogP contribution in [-0.2, 0) is 11.2 Å². The fourth-order valence-electron chi connectivity index (χ4n) is 2.21. The second kappa shape index (κ2) is 4.34. The quantitative estimate of drug-likeness (QED) is 0.820. The minimum absolute atomic E-state index is 0.183. The van der Waals surface area contributed by atoms with Crippen molar-refractivity contribution in [1.82, 2.24) is 0 Å². The monoisotopic (exact) mass is 252 g/mol. The predicted molar refractivity (Wildman–Crippen MR) is 68.6 cm³/mol. The summed E-state index contributed by atoms with van der Waals surface area (Å²) in [5.74, 6) is 1.22. The lowest BCUT2D eigenvalue weighted by molar-refractivity contribution is -0.120. The Labute approximate surface area is 107 Å². The van der Waals surface area contributed by atoms with Gasteiger partial charge in [-0.3, -0.25) is 4.79 Å². The SMILES string of the molecule is COc1ccc(Cl)cc1CC(=O)C1CC1(C)C. The van der Waals surface area contributed by atoms with Gasteiger partial charge in [0, 0.05) is 22.9 Å². The summed E-state index contributed by atoms with van der Waals surface area (Å²) in [4.78, 5) is 12.1. The first-order valence-corrected chi connectivity index (χ1v) is 6.17. The molecule has 1 aromatic rings. The third-order valence-electron chi connectivity index (χ3n) is 3.51. The molecule has 2 nitrogen and oxygen atoms in total.